The molecule has 124 valence electrons. The number of imidazole rings is 1. The van der Waals surface area contributed by atoms with Crippen molar-refractivity contribution < 1.29 is 9.90 Å². The molecule has 23 heavy (non-hydrogen) atoms. The van der Waals surface area contributed by atoms with Gasteiger partial charge < -0.3 is 15.4 Å². The van der Waals surface area contributed by atoms with Crippen molar-refractivity contribution in [3.63, 3.8) is 0 Å². The molecule has 5 heteroatoms. The number of nitrogens with zero attached hydrogens (tertiary/aromatic N) is 1. The molecule has 1 atom stereocenters. The monoisotopic (exact) mass is 315 g/mol. The average Bonchev–Trinajstić information content (AvgIpc) is 2.96. The van der Waals surface area contributed by atoms with Crippen molar-refractivity contribution in [2.24, 2.45) is 0 Å². The highest BCUT2D eigenvalue weighted by atomic mass is 16.3. The van der Waals surface area contributed by atoms with E-state index in [0.717, 1.165) is 55.4 Å². The lowest BCUT2D eigenvalue weighted by molar-refractivity contribution is -0.128. The molecule has 1 unspecified atom stereocenters. The molecule has 1 aromatic carbocycles. The molecule has 3 rings (SSSR count). The number of benzene rings is 1. The number of amides is 1. The number of nitrogens with one attached hydrogen (secondary N) is 2. The lowest BCUT2D eigenvalue weighted by atomic mass is 9.82. The third-order valence-electron chi connectivity index (χ3n) is 4.76. The first-order chi connectivity index (χ1) is 11.1. The molecule has 1 heterocycles. The van der Waals surface area contributed by atoms with Crippen LogP contribution in [0.15, 0.2) is 24.3 Å². The Morgan fingerprint density at radius 2 is 2.09 bits per heavy atom. The molecule has 1 aromatic heterocycles. The van der Waals surface area contributed by atoms with Gasteiger partial charge in [-0.3, -0.25) is 4.79 Å². The van der Waals surface area contributed by atoms with Crippen LogP contribution >= 0.6 is 0 Å². The second-order valence-electron chi connectivity index (χ2n) is 6.63. The quantitative estimate of drug-likeness (QED) is 0.793. The fraction of sp³-hybridized carbons (Fsp3) is 0.556. The molecule has 0 bridgehead atoms. The maximum Gasteiger partial charge on any atom is 0.223 e. The lowest BCUT2D eigenvalue weighted by Crippen LogP contribution is -2.39. The van der Waals surface area contributed by atoms with Crippen LogP contribution in [-0.4, -0.2) is 26.6 Å². The van der Waals surface area contributed by atoms with Gasteiger partial charge >= 0.3 is 0 Å². The van der Waals surface area contributed by atoms with E-state index in [1.807, 2.05) is 31.2 Å². The van der Waals surface area contributed by atoms with Gasteiger partial charge in [0.25, 0.3) is 0 Å². The summed E-state index contributed by atoms with van der Waals surface area (Å²) >= 11 is 0. The molecule has 2 aromatic rings. The van der Waals surface area contributed by atoms with Crippen LogP contribution in [0.2, 0.25) is 0 Å². The Bertz CT molecular complexity index is 641. The van der Waals surface area contributed by atoms with Crippen LogP contribution in [0, 0.1) is 0 Å². The average molecular weight is 315 g/mol. The molecule has 1 saturated carbocycles. The van der Waals surface area contributed by atoms with E-state index in [-0.39, 0.29) is 18.4 Å². The van der Waals surface area contributed by atoms with Crippen LogP contribution < -0.4 is 5.32 Å². The van der Waals surface area contributed by atoms with Crippen molar-refractivity contribution in [1.82, 2.24) is 15.3 Å². The summed E-state index contributed by atoms with van der Waals surface area (Å²) in [5.74, 6) is 0.680. The Kier molecular flexibility index (Phi) is 4.66. The maximum absolute atomic E-state index is 12.4. The predicted octanol–water partition coefficient (Wildman–Crippen LogP) is 3.22. The van der Waals surface area contributed by atoms with Gasteiger partial charge in [0.2, 0.25) is 5.91 Å². The Morgan fingerprint density at radius 3 is 2.78 bits per heavy atom. The third kappa shape index (κ3) is 3.72. The molecule has 0 radical (unpaired) electrons. The molecule has 0 aliphatic heterocycles. The van der Waals surface area contributed by atoms with Gasteiger partial charge in [-0.15, -0.1) is 0 Å². The van der Waals surface area contributed by atoms with Crippen LogP contribution in [0.1, 0.15) is 63.7 Å². The first-order valence-corrected chi connectivity index (χ1v) is 8.56. The molecule has 3 N–H and O–H groups in total. The number of carbonyl (C=O) groups is 1. The number of H-pyrrole nitrogens is 1. The highest BCUT2D eigenvalue weighted by Crippen LogP contribution is 2.31. The summed E-state index contributed by atoms with van der Waals surface area (Å²) in [6.45, 7) is 2.02. The van der Waals surface area contributed by atoms with Gasteiger partial charge in [0, 0.05) is 0 Å². The maximum atomic E-state index is 12.4. The fourth-order valence-electron chi connectivity index (χ4n) is 3.43. The van der Waals surface area contributed by atoms with Crippen molar-refractivity contribution in [3.05, 3.63) is 30.1 Å². The van der Waals surface area contributed by atoms with E-state index in [1.165, 1.54) is 0 Å². The summed E-state index contributed by atoms with van der Waals surface area (Å²) in [7, 11) is 0. The van der Waals surface area contributed by atoms with E-state index in [2.05, 4.69) is 15.3 Å². The molecule has 1 aliphatic carbocycles. The number of aromatic nitrogens is 2. The minimum absolute atomic E-state index is 0.0956. The van der Waals surface area contributed by atoms with E-state index in [9.17, 15) is 9.90 Å². The zero-order chi connectivity index (χ0) is 16.3. The summed E-state index contributed by atoms with van der Waals surface area (Å²) in [6.07, 6.45) is 5.55. The van der Waals surface area contributed by atoms with Gasteiger partial charge in [-0.2, -0.15) is 0 Å². The number of rotatable bonds is 5. The Balaban J connectivity index is 1.67. The molecular formula is C18H25N3O2. The SMILES string of the molecule is CCC(NC(=O)CC1(O)CCCCC1)c1nc2ccccc2[nH]1. The standard InChI is InChI=1S/C18H25N3O2/c1-2-13(17-20-14-8-4-5-9-15(14)21-17)19-16(22)12-18(23)10-6-3-7-11-18/h4-5,8-9,13,23H,2-3,6-7,10-12H2,1H3,(H,19,22)(H,20,21). The summed E-state index contributed by atoms with van der Waals surface area (Å²) in [5, 5.41) is 13.6. The second kappa shape index (κ2) is 6.71. The molecule has 5 nitrogen and oxygen atoms in total. The van der Waals surface area contributed by atoms with E-state index >= 15 is 0 Å². The number of para-hydroxylation sites is 2. The van der Waals surface area contributed by atoms with E-state index in [0.29, 0.717) is 0 Å². The smallest absolute Gasteiger partial charge is 0.223 e. The molecule has 0 spiro atoms. The van der Waals surface area contributed by atoms with Gasteiger partial charge in [-0.05, 0) is 31.4 Å². The topological polar surface area (TPSA) is 78.0 Å². The van der Waals surface area contributed by atoms with Gasteiger partial charge in [0.1, 0.15) is 5.82 Å². The van der Waals surface area contributed by atoms with Crippen LogP contribution in [0.5, 0.6) is 0 Å². The van der Waals surface area contributed by atoms with Gasteiger partial charge in [-0.25, -0.2) is 4.98 Å². The number of aliphatic hydroxyl groups is 1. The number of hydrogen-bond donors (Lipinski definition) is 3. The largest absolute Gasteiger partial charge is 0.389 e. The number of aromatic amines is 1. The van der Waals surface area contributed by atoms with E-state index < -0.39 is 5.60 Å². The second-order valence-corrected chi connectivity index (χ2v) is 6.63. The van der Waals surface area contributed by atoms with Crippen molar-refractivity contribution in [2.45, 2.75) is 63.5 Å². The highest BCUT2D eigenvalue weighted by molar-refractivity contribution is 5.78. The zero-order valence-electron chi connectivity index (χ0n) is 13.6. The summed E-state index contributed by atoms with van der Waals surface area (Å²) in [4.78, 5) is 20.2. The van der Waals surface area contributed by atoms with Gasteiger partial charge in [0.15, 0.2) is 0 Å². The number of carbonyl (C=O) groups excluding carboxylic acids is 1. The van der Waals surface area contributed by atoms with E-state index in [4.69, 9.17) is 0 Å². The molecular weight excluding hydrogens is 290 g/mol. The normalized spacial score (nSPS) is 18.7. The molecule has 1 amide bonds. The summed E-state index contributed by atoms with van der Waals surface area (Å²) < 4.78 is 0. The summed E-state index contributed by atoms with van der Waals surface area (Å²) in [6, 6.07) is 7.69. The van der Waals surface area contributed by atoms with Crippen LogP contribution in [0.3, 0.4) is 0 Å². The van der Waals surface area contributed by atoms with Crippen molar-refractivity contribution in [1.29, 1.82) is 0 Å². The third-order valence-corrected chi connectivity index (χ3v) is 4.76. The van der Waals surface area contributed by atoms with Crippen molar-refractivity contribution in [2.75, 3.05) is 0 Å². The Morgan fingerprint density at radius 1 is 1.35 bits per heavy atom. The highest BCUT2D eigenvalue weighted by Gasteiger charge is 2.32. The van der Waals surface area contributed by atoms with Gasteiger partial charge in [-0.1, -0.05) is 38.3 Å². The van der Waals surface area contributed by atoms with Crippen LogP contribution in [0.25, 0.3) is 11.0 Å². The van der Waals surface area contributed by atoms with Crippen LogP contribution in [0.4, 0.5) is 0 Å². The summed E-state index contributed by atoms with van der Waals surface area (Å²) in [5.41, 5.74) is 1.05. The van der Waals surface area contributed by atoms with Crippen molar-refractivity contribution >= 4 is 16.9 Å². The predicted molar refractivity (Wildman–Crippen MR) is 89.9 cm³/mol. The molecule has 1 fully saturated rings. The minimum atomic E-state index is -0.825. The fourth-order valence-corrected chi connectivity index (χ4v) is 3.43. The van der Waals surface area contributed by atoms with Crippen molar-refractivity contribution in [3.8, 4) is 0 Å². The van der Waals surface area contributed by atoms with E-state index in [1.54, 1.807) is 0 Å². The first kappa shape index (κ1) is 16.0. The molecule has 0 saturated heterocycles. The number of fused-ring (bicyclic) bond motifs is 1. The van der Waals surface area contributed by atoms with Gasteiger partial charge in [0.05, 0.1) is 29.1 Å². The lowest BCUT2D eigenvalue weighted by Gasteiger charge is -2.31. The molecule has 1 aliphatic rings. The number of hydrogen-bond acceptors (Lipinski definition) is 3. The zero-order valence-corrected chi connectivity index (χ0v) is 13.6. The first-order valence-electron chi connectivity index (χ1n) is 8.56. The Labute approximate surface area is 136 Å². The minimum Gasteiger partial charge on any atom is -0.389 e. The van der Waals surface area contributed by atoms with Crippen LogP contribution in [-0.2, 0) is 4.79 Å². The Hall–Kier alpha value is -1.88.